The van der Waals surface area contributed by atoms with Crippen LogP contribution in [0.1, 0.15) is 23.1 Å². The van der Waals surface area contributed by atoms with Crippen LogP contribution >= 0.6 is 0 Å². The fourth-order valence-electron chi connectivity index (χ4n) is 4.13. The molecule has 5 rings (SSSR count). The zero-order valence-corrected chi connectivity index (χ0v) is 17.3. The summed E-state index contributed by atoms with van der Waals surface area (Å²) in [5, 5.41) is 0. The van der Waals surface area contributed by atoms with Crippen LogP contribution in [0, 0.1) is 6.92 Å². The van der Waals surface area contributed by atoms with Crippen molar-refractivity contribution < 1.29 is 0 Å². The van der Waals surface area contributed by atoms with Crippen molar-refractivity contribution in [1.82, 2.24) is 0 Å². The maximum absolute atomic E-state index is 2.35. The lowest BCUT2D eigenvalue weighted by Crippen LogP contribution is -2.10. The number of para-hydroxylation sites is 1. The number of aryl methyl sites for hydroxylation is 2. The van der Waals surface area contributed by atoms with Gasteiger partial charge in [-0.1, -0.05) is 78.4 Å². The summed E-state index contributed by atoms with van der Waals surface area (Å²) in [6, 6.07) is 35.0. The third kappa shape index (κ3) is 3.67. The van der Waals surface area contributed by atoms with E-state index in [1.54, 1.807) is 0 Å². The van der Waals surface area contributed by atoms with Gasteiger partial charge in [0, 0.05) is 17.1 Å². The van der Waals surface area contributed by atoms with E-state index in [2.05, 4.69) is 121 Å². The zero-order valence-electron chi connectivity index (χ0n) is 17.3. The van der Waals surface area contributed by atoms with Crippen molar-refractivity contribution in [2.75, 3.05) is 4.90 Å². The number of anilines is 3. The number of allylic oxidation sites excluding steroid dienone is 1. The summed E-state index contributed by atoms with van der Waals surface area (Å²) in [6.07, 6.45) is 6.73. The van der Waals surface area contributed by atoms with E-state index in [0.717, 1.165) is 12.8 Å². The lowest BCUT2D eigenvalue weighted by atomic mass is 9.96. The van der Waals surface area contributed by atoms with Crippen molar-refractivity contribution in [1.29, 1.82) is 0 Å². The van der Waals surface area contributed by atoms with Gasteiger partial charge in [-0.05, 0) is 78.4 Å². The third-order valence-electron chi connectivity index (χ3n) is 5.79. The quantitative estimate of drug-likeness (QED) is 0.342. The summed E-state index contributed by atoms with van der Waals surface area (Å²) >= 11 is 0. The molecule has 0 aliphatic heterocycles. The van der Waals surface area contributed by atoms with Gasteiger partial charge >= 0.3 is 0 Å². The van der Waals surface area contributed by atoms with Crippen molar-refractivity contribution in [3.63, 3.8) is 0 Å². The van der Waals surface area contributed by atoms with Crippen LogP contribution in [-0.2, 0) is 6.42 Å². The fourth-order valence-corrected chi connectivity index (χ4v) is 4.13. The van der Waals surface area contributed by atoms with Gasteiger partial charge < -0.3 is 4.90 Å². The molecule has 30 heavy (non-hydrogen) atoms. The topological polar surface area (TPSA) is 3.24 Å². The Hall–Kier alpha value is -3.58. The van der Waals surface area contributed by atoms with Gasteiger partial charge in [-0.2, -0.15) is 0 Å². The minimum Gasteiger partial charge on any atom is -0.310 e. The Morgan fingerprint density at radius 1 is 0.633 bits per heavy atom. The lowest BCUT2D eigenvalue weighted by Gasteiger charge is -2.27. The molecule has 0 N–H and O–H groups in total. The molecule has 0 spiro atoms. The first kappa shape index (κ1) is 18.4. The van der Waals surface area contributed by atoms with Crippen LogP contribution < -0.4 is 4.90 Å². The molecule has 0 saturated heterocycles. The second-order valence-electron chi connectivity index (χ2n) is 7.91. The van der Waals surface area contributed by atoms with Crippen molar-refractivity contribution in [2.24, 2.45) is 0 Å². The van der Waals surface area contributed by atoms with Gasteiger partial charge in [-0.15, -0.1) is 0 Å². The van der Waals surface area contributed by atoms with Gasteiger partial charge in [0.15, 0.2) is 0 Å². The summed E-state index contributed by atoms with van der Waals surface area (Å²) < 4.78 is 0. The number of rotatable bonds is 4. The van der Waals surface area contributed by atoms with Crippen LogP contribution in [0.5, 0.6) is 0 Å². The summed E-state index contributed by atoms with van der Waals surface area (Å²) in [5.74, 6) is 0. The highest BCUT2D eigenvalue weighted by atomic mass is 15.1. The van der Waals surface area contributed by atoms with E-state index in [0.29, 0.717) is 0 Å². The predicted molar refractivity (Wildman–Crippen MR) is 129 cm³/mol. The van der Waals surface area contributed by atoms with Gasteiger partial charge in [0.05, 0.1) is 0 Å². The van der Waals surface area contributed by atoms with E-state index in [1.165, 1.54) is 44.9 Å². The Morgan fingerprint density at radius 2 is 1.27 bits per heavy atom. The Morgan fingerprint density at radius 3 is 2.00 bits per heavy atom. The first-order valence-electron chi connectivity index (χ1n) is 10.6. The summed E-state index contributed by atoms with van der Waals surface area (Å²) in [6.45, 7) is 2.12. The summed E-state index contributed by atoms with van der Waals surface area (Å²) in [4.78, 5) is 2.34. The maximum atomic E-state index is 2.35. The standard InChI is InChI=1S/C29H25N/c1-22-11-13-24(14-12-22)25-15-18-28(19-16-25)30(27-9-3-2-4-10-27)29-20-17-23-7-5-6-8-26(23)21-29/h2-5,7,9-21H,6,8H2,1H3. The van der Waals surface area contributed by atoms with Crippen LogP contribution in [0.25, 0.3) is 17.2 Å². The Bertz CT molecular complexity index is 1170. The lowest BCUT2D eigenvalue weighted by molar-refractivity contribution is 0.984. The molecule has 4 aromatic carbocycles. The van der Waals surface area contributed by atoms with E-state index in [9.17, 15) is 0 Å². The normalized spacial score (nSPS) is 12.4. The molecule has 0 fully saturated rings. The van der Waals surface area contributed by atoms with Crippen molar-refractivity contribution in [3.8, 4) is 11.1 Å². The van der Waals surface area contributed by atoms with E-state index < -0.39 is 0 Å². The molecule has 0 heterocycles. The second kappa shape index (κ2) is 8.04. The molecule has 0 bridgehead atoms. The minimum atomic E-state index is 1.11. The molecule has 146 valence electrons. The molecule has 0 unspecified atom stereocenters. The first-order valence-corrected chi connectivity index (χ1v) is 10.6. The largest absolute Gasteiger partial charge is 0.310 e. The van der Waals surface area contributed by atoms with E-state index in [4.69, 9.17) is 0 Å². The maximum Gasteiger partial charge on any atom is 0.0464 e. The summed E-state index contributed by atoms with van der Waals surface area (Å²) in [5.41, 5.74) is 10.1. The Balaban J connectivity index is 1.56. The van der Waals surface area contributed by atoms with Crippen molar-refractivity contribution in [3.05, 3.63) is 120 Å². The number of benzene rings is 4. The molecule has 4 aromatic rings. The molecule has 0 atom stereocenters. The highest BCUT2D eigenvalue weighted by molar-refractivity contribution is 5.79. The fraction of sp³-hybridized carbons (Fsp3) is 0.103. The monoisotopic (exact) mass is 387 g/mol. The third-order valence-corrected chi connectivity index (χ3v) is 5.79. The molecular weight excluding hydrogens is 362 g/mol. The van der Waals surface area contributed by atoms with Gasteiger partial charge in [-0.25, -0.2) is 0 Å². The first-order chi connectivity index (χ1) is 14.8. The predicted octanol–water partition coefficient (Wildman–Crippen LogP) is 8.09. The van der Waals surface area contributed by atoms with Crippen LogP contribution in [-0.4, -0.2) is 0 Å². The average molecular weight is 388 g/mol. The van der Waals surface area contributed by atoms with Gasteiger partial charge in [0.2, 0.25) is 0 Å². The number of hydrogen-bond donors (Lipinski definition) is 0. The van der Waals surface area contributed by atoms with Crippen molar-refractivity contribution >= 4 is 23.1 Å². The van der Waals surface area contributed by atoms with Gasteiger partial charge in [0.25, 0.3) is 0 Å². The highest BCUT2D eigenvalue weighted by Gasteiger charge is 2.14. The minimum absolute atomic E-state index is 1.11. The molecule has 0 saturated carbocycles. The molecule has 1 aliphatic rings. The number of fused-ring (bicyclic) bond motifs is 1. The zero-order chi connectivity index (χ0) is 20.3. The Kier molecular flexibility index (Phi) is 4.94. The Labute approximate surface area is 178 Å². The molecule has 1 nitrogen and oxygen atoms in total. The molecular formula is C29H25N. The van der Waals surface area contributed by atoms with Crippen LogP contribution in [0.2, 0.25) is 0 Å². The smallest absolute Gasteiger partial charge is 0.0464 e. The number of nitrogens with zero attached hydrogens (tertiary/aromatic N) is 1. The van der Waals surface area contributed by atoms with Gasteiger partial charge in [-0.3, -0.25) is 0 Å². The molecule has 0 radical (unpaired) electrons. The second-order valence-corrected chi connectivity index (χ2v) is 7.91. The van der Waals surface area contributed by atoms with Gasteiger partial charge in [0.1, 0.15) is 0 Å². The van der Waals surface area contributed by atoms with E-state index >= 15 is 0 Å². The van der Waals surface area contributed by atoms with E-state index in [1.807, 2.05) is 0 Å². The molecule has 1 heteroatoms. The molecule has 1 aliphatic carbocycles. The van der Waals surface area contributed by atoms with Crippen LogP contribution in [0.3, 0.4) is 0 Å². The highest BCUT2D eigenvalue weighted by Crippen LogP contribution is 2.37. The van der Waals surface area contributed by atoms with Crippen LogP contribution in [0.15, 0.2) is 103 Å². The average Bonchev–Trinajstić information content (AvgIpc) is 2.81. The van der Waals surface area contributed by atoms with E-state index in [-0.39, 0.29) is 0 Å². The summed E-state index contributed by atoms with van der Waals surface area (Å²) in [7, 11) is 0. The molecule has 0 aromatic heterocycles. The van der Waals surface area contributed by atoms with Crippen molar-refractivity contribution in [2.45, 2.75) is 19.8 Å². The molecule has 0 amide bonds. The number of hydrogen-bond acceptors (Lipinski definition) is 1. The van der Waals surface area contributed by atoms with Crippen LogP contribution in [0.4, 0.5) is 17.1 Å². The SMILES string of the molecule is Cc1ccc(-c2ccc(N(c3ccccc3)c3ccc4c(c3)CCC=C4)cc2)cc1.